The average Bonchev–Trinajstić information content (AvgIpc) is 3.53. The Labute approximate surface area is 212 Å². The van der Waals surface area contributed by atoms with E-state index >= 15 is 0 Å². The van der Waals surface area contributed by atoms with Crippen molar-refractivity contribution >= 4 is 0 Å². The molecule has 5 fully saturated rings. The van der Waals surface area contributed by atoms with Gasteiger partial charge >= 0.3 is 0 Å². The highest BCUT2D eigenvalue weighted by Gasteiger charge is 2.59. The molecule has 3 saturated carbocycles. The number of hydrazine groups is 2. The average molecular weight is 481 g/mol. The van der Waals surface area contributed by atoms with Gasteiger partial charge in [0.2, 0.25) is 0 Å². The van der Waals surface area contributed by atoms with Crippen molar-refractivity contribution in [3.63, 3.8) is 0 Å². The van der Waals surface area contributed by atoms with E-state index in [9.17, 15) is 0 Å². The molecule has 3 N–H and O–H groups in total. The second-order valence-electron chi connectivity index (χ2n) is 14.1. The van der Waals surface area contributed by atoms with Gasteiger partial charge in [-0.15, -0.1) is 5.53 Å². The summed E-state index contributed by atoms with van der Waals surface area (Å²) in [5, 5.41) is 6.21. The maximum Gasteiger partial charge on any atom is 0.0765 e. The molecule has 4 aliphatic carbocycles. The minimum atomic E-state index is 0.0761. The smallest absolute Gasteiger partial charge is 0.0765 e. The Morgan fingerprint density at radius 2 is 1.97 bits per heavy atom. The summed E-state index contributed by atoms with van der Waals surface area (Å²) in [6.07, 6.45) is 18.0. The topological polar surface area (TPSA) is 48.6 Å². The van der Waals surface area contributed by atoms with Gasteiger partial charge in [-0.1, -0.05) is 31.9 Å². The predicted octanol–water partition coefficient (Wildman–Crippen LogP) is 5.28. The molecule has 3 aliphatic heterocycles. The summed E-state index contributed by atoms with van der Waals surface area (Å²) in [6, 6.07) is 1.21. The highest BCUT2D eigenvalue weighted by atomic mass is 16.5. The number of nitrogens with one attached hydrogen (secondary N) is 3. The molecule has 0 aromatic carbocycles. The van der Waals surface area contributed by atoms with Crippen molar-refractivity contribution in [1.82, 2.24) is 21.3 Å². The Kier molecular flexibility index (Phi) is 5.43. The van der Waals surface area contributed by atoms with E-state index in [2.05, 4.69) is 55.2 Å². The molecule has 0 bridgehead atoms. The summed E-state index contributed by atoms with van der Waals surface area (Å²) >= 11 is 0. The molecule has 3 heterocycles. The first-order chi connectivity index (χ1) is 16.9. The highest BCUT2D eigenvalue weighted by Crippen LogP contribution is 2.65. The third-order valence-corrected chi connectivity index (χ3v) is 12.5. The molecule has 1 spiro atoms. The van der Waals surface area contributed by atoms with Crippen LogP contribution in [0.3, 0.4) is 0 Å². The molecule has 0 aromatic rings. The Hall–Kier alpha value is -1.04. The van der Waals surface area contributed by atoms with Gasteiger partial charge in [0.05, 0.1) is 11.7 Å². The summed E-state index contributed by atoms with van der Waals surface area (Å²) < 4.78 is 7.08. The van der Waals surface area contributed by atoms with E-state index in [4.69, 9.17) is 4.74 Å². The normalized spacial score (nSPS) is 53.1. The van der Waals surface area contributed by atoms with Crippen molar-refractivity contribution in [2.45, 2.75) is 116 Å². The maximum atomic E-state index is 7.08. The van der Waals surface area contributed by atoms with Gasteiger partial charge in [0.25, 0.3) is 0 Å². The van der Waals surface area contributed by atoms with Crippen LogP contribution in [0.25, 0.3) is 0 Å². The first-order valence-corrected chi connectivity index (χ1v) is 14.9. The summed E-state index contributed by atoms with van der Waals surface area (Å²) in [5.41, 5.74) is 10.7. The number of rotatable bonds is 1. The standard InChI is InChI=1S/C30H48N4O/c1-18-13-27-28(31-17-18)20(3)30(35-27)10-8-23-24-6-5-21-14-22(34-12-11-32-33-34)7-9-29(21,4)26(24)15-25(23)19(2)16-30/h11-12,18,20-24,26-28,31-33H,5-10,13-17H2,1-4H3/t18-,20+,21+,22+,23-,24-,26-,27?,28-,29-,30-/m0/s1. The molecule has 7 aliphatic rings. The molecule has 0 aromatic heterocycles. The number of hydrogen-bond donors (Lipinski definition) is 3. The van der Waals surface area contributed by atoms with E-state index in [0.29, 0.717) is 29.5 Å². The van der Waals surface area contributed by atoms with Gasteiger partial charge in [0.15, 0.2) is 0 Å². The van der Waals surface area contributed by atoms with Crippen LogP contribution in [0.5, 0.6) is 0 Å². The van der Waals surface area contributed by atoms with Gasteiger partial charge in [-0.05, 0) is 113 Å². The molecule has 7 rings (SSSR count). The minimum Gasteiger partial charge on any atom is -0.369 e. The van der Waals surface area contributed by atoms with Crippen LogP contribution in [0.4, 0.5) is 0 Å². The highest BCUT2D eigenvalue weighted by molar-refractivity contribution is 5.29. The van der Waals surface area contributed by atoms with Crippen LogP contribution in [0.15, 0.2) is 23.5 Å². The van der Waals surface area contributed by atoms with E-state index in [1.165, 1.54) is 70.8 Å². The Morgan fingerprint density at radius 3 is 2.80 bits per heavy atom. The minimum absolute atomic E-state index is 0.0761. The number of fused-ring (bicyclic) bond motifs is 6. The molecule has 35 heavy (non-hydrogen) atoms. The zero-order valence-corrected chi connectivity index (χ0v) is 22.5. The fourth-order valence-corrected chi connectivity index (χ4v) is 10.5. The van der Waals surface area contributed by atoms with Crippen LogP contribution in [0.1, 0.15) is 91.9 Å². The lowest BCUT2D eigenvalue weighted by molar-refractivity contribution is -0.0765. The molecule has 194 valence electrons. The zero-order valence-electron chi connectivity index (χ0n) is 22.5. The van der Waals surface area contributed by atoms with Crippen molar-refractivity contribution in [3.05, 3.63) is 23.5 Å². The van der Waals surface area contributed by atoms with Crippen molar-refractivity contribution in [2.75, 3.05) is 6.54 Å². The third-order valence-electron chi connectivity index (χ3n) is 12.5. The second kappa shape index (κ2) is 8.23. The quantitative estimate of drug-likeness (QED) is 0.446. The van der Waals surface area contributed by atoms with Gasteiger partial charge in [-0.2, -0.15) is 0 Å². The van der Waals surface area contributed by atoms with Crippen molar-refractivity contribution in [1.29, 1.82) is 0 Å². The monoisotopic (exact) mass is 480 g/mol. The zero-order chi connectivity index (χ0) is 23.9. The maximum absolute atomic E-state index is 7.08. The number of nitrogens with zero attached hydrogens (tertiary/aromatic N) is 1. The molecule has 2 saturated heterocycles. The number of ether oxygens (including phenoxy) is 1. The molecule has 1 unspecified atom stereocenters. The fourth-order valence-electron chi connectivity index (χ4n) is 10.5. The van der Waals surface area contributed by atoms with E-state index in [1.54, 1.807) is 5.57 Å². The fraction of sp³-hybridized carbons (Fsp3) is 0.867. The van der Waals surface area contributed by atoms with Crippen LogP contribution in [0.2, 0.25) is 0 Å². The van der Waals surface area contributed by atoms with Gasteiger partial charge in [-0.3, -0.25) is 5.01 Å². The number of hydrogen-bond acceptors (Lipinski definition) is 5. The number of piperidine rings is 1. The van der Waals surface area contributed by atoms with Crippen LogP contribution in [-0.4, -0.2) is 35.3 Å². The Balaban J connectivity index is 1.12. The van der Waals surface area contributed by atoms with Crippen molar-refractivity contribution < 1.29 is 4.74 Å². The SMILES string of the molecule is CC1=C2C[C@H]3[C@@H](CC[C@@H]4C[C@H](N5C=CNN5)CC[C@@]43C)[C@@H]2CC[C@@]2(C1)OC1C[C@H](C)CN[C@H]1[C@H]2C. The van der Waals surface area contributed by atoms with Crippen LogP contribution in [-0.2, 0) is 4.74 Å². The molecular weight excluding hydrogens is 432 g/mol. The van der Waals surface area contributed by atoms with Gasteiger partial charge in [0.1, 0.15) is 0 Å². The van der Waals surface area contributed by atoms with Gasteiger partial charge < -0.3 is 15.5 Å². The summed E-state index contributed by atoms with van der Waals surface area (Å²) in [6.45, 7) is 11.2. The summed E-state index contributed by atoms with van der Waals surface area (Å²) in [7, 11) is 0. The number of allylic oxidation sites excluding steroid dienone is 1. The van der Waals surface area contributed by atoms with Crippen LogP contribution >= 0.6 is 0 Å². The first-order valence-electron chi connectivity index (χ1n) is 14.9. The molecule has 11 atom stereocenters. The third kappa shape index (κ3) is 3.43. The molecule has 0 amide bonds. The van der Waals surface area contributed by atoms with Crippen molar-refractivity contribution in [3.8, 4) is 0 Å². The first kappa shape index (κ1) is 23.1. The van der Waals surface area contributed by atoms with E-state index in [-0.39, 0.29) is 5.60 Å². The van der Waals surface area contributed by atoms with E-state index in [1.807, 2.05) is 11.8 Å². The lowest BCUT2D eigenvalue weighted by Gasteiger charge is -2.55. The molecular formula is C30H48N4O. The molecule has 5 nitrogen and oxygen atoms in total. The van der Waals surface area contributed by atoms with Crippen LogP contribution in [0, 0.1) is 40.9 Å². The Morgan fingerprint density at radius 1 is 1.09 bits per heavy atom. The second-order valence-corrected chi connectivity index (χ2v) is 14.1. The van der Waals surface area contributed by atoms with E-state index < -0.39 is 0 Å². The largest absolute Gasteiger partial charge is 0.369 e. The van der Waals surface area contributed by atoms with Gasteiger partial charge in [-0.25, -0.2) is 0 Å². The van der Waals surface area contributed by atoms with Crippen LogP contribution < -0.4 is 16.3 Å². The predicted molar refractivity (Wildman–Crippen MR) is 140 cm³/mol. The summed E-state index contributed by atoms with van der Waals surface area (Å²) in [4.78, 5) is 0. The van der Waals surface area contributed by atoms with Crippen molar-refractivity contribution in [2.24, 2.45) is 40.9 Å². The lowest BCUT2D eigenvalue weighted by atomic mass is 9.52. The van der Waals surface area contributed by atoms with Gasteiger partial charge in [0, 0.05) is 30.4 Å². The lowest BCUT2D eigenvalue weighted by Crippen LogP contribution is -2.52. The molecule has 5 heteroatoms. The summed E-state index contributed by atoms with van der Waals surface area (Å²) in [5.74, 6) is 4.88. The Bertz CT molecular complexity index is 916. The molecule has 0 radical (unpaired) electrons. The van der Waals surface area contributed by atoms with E-state index in [0.717, 1.165) is 29.6 Å².